The van der Waals surface area contributed by atoms with Crippen molar-refractivity contribution in [1.29, 1.82) is 0 Å². The maximum absolute atomic E-state index is 12.8. The second-order valence-corrected chi connectivity index (χ2v) is 7.88. The Morgan fingerprint density at radius 1 is 1.08 bits per heavy atom. The molecule has 1 heterocycles. The van der Waals surface area contributed by atoms with E-state index in [0.29, 0.717) is 17.0 Å². The molecule has 2 aromatic carbocycles. The first-order valence-corrected chi connectivity index (χ1v) is 9.98. The zero-order valence-corrected chi connectivity index (χ0v) is 15.9. The van der Waals surface area contributed by atoms with E-state index < -0.39 is 10.0 Å². The minimum absolute atomic E-state index is 0.223. The first kappa shape index (κ1) is 18.2. The number of aromatic nitrogens is 1. The van der Waals surface area contributed by atoms with Gasteiger partial charge in [-0.05, 0) is 43.2 Å². The SMILES string of the molecule is CCCc1ccc(S(=O)(=O)Nc2cc(OC)cc3ccc(C)nc23)cc1. The van der Waals surface area contributed by atoms with Gasteiger partial charge in [0.1, 0.15) is 5.75 Å². The fraction of sp³-hybridized carbons (Fsp3) is 0.250. The number of aryl methyl sites for hydroxylation is 2. The molecule has 0 aliphatic rings. The van der Waals surface area contributed by atoms with Crippen molar-refractivity contribution < 1.29 is 13.2 Å². The molecule has 3 rings (SSSR count). The first-order valence-electron chi connectivity index (χ1n) is 8.50. The first-order chi connectivity index (χ1) is 12.4. The van der Waals surface area contributed by atoms with Crippen LogP contribution in [0.25, 0.3) is 10.9 Å². The topological polar surface area (TPSA) is 68.3 Å². The molecule has 0 atom stereocenters. The Kier molecular flexibility index (Phi) is 5.13. The van der Waals surface area contributed by atoms with Crippen LogP contribution in [0.1, 0.15) is 24.6 Å². The van der Waals surface area contributed by atoms with E-state index in [1.165, 1.54) is 0 Å². The molecule has 0 fully saturated rings. The third-order valence-electron chi connectivity index (χ3n) is 4.16. The molecular weight excluding hydrogens is 348 g/mol. The van der Waals surface area contributed by atoms with Gasteiger partial charge in [-0.3, -0.25) is 9.71 Å². The lowest BCUT2D eigenvalue weighted by atomic mass is 10.1. The number of nitrogens with one attached hydrogen (secondary N) is 1. The third kappa shape index (κ3) is 3.80. The lowest BCUT2D eigenvalue weighted by Crippen LogP contribution is -2.13. The van der Waals surface area contributed by atoms with Crippen LogP contribution < -0.4 is 9.46 Å². The molecule has 1 N–H and O–H groups in total. The highest BCUT2D eigenvalue weighted by atomic mass is 32.2. The van der Waals surface area contributed by atoms with E-state index in [9.17, 15) is 8.42 Å². The highest BCUT2D eigenvalue weighted by Gasteiger charge is 2.17. The molecule has 6 heteroatoms. The maximum Gasteiger partial charge on any atom is 0.261 e. The van der Waals surface area contributed by atoms with Gasteiger partial charge in [-0.2, -0.15) is 0 Å². The number of pyridine rings is 1. The highest BCUT2D eigenvalue weighted by Crippen LogP contribution is 2.30. The number of methoxy groups -OCH3 is 1. The molecule has 0 bridgehead atoms. The van der Waals surface area contributed by atoms with Crippen LogP contribution in [0.3, 0.4) is 0 Å². The van der Waals surface area contributed by atoms with Crippen molar-refractivity contribution in [3.63, 3.8) is 0 Å². The van der Waals surface area contributed by atoms with Gasteiger partial charge < -0.3 is 4.74 Å². The lowest BCUT2D eigenvalue weighted by molar-refractivity contribution is 0.415. The average Bonchev–Trinajstić information content (AvgIpc) is 2.62. The summed E-state index contributed by atoms with van der Waals surface area (Å²) in [7, 11) is -2.17. The molecule has 26 heavy (non-hydrogen) atoms. The van der Waals surface area contributed by atoms with Gasteiger partial charge in [0.2, 0.25) is 0 Å². The monoisotopic (exact) mass is 370 g/mol. The number of anilines is 1. The van der Waals surface area contributed by atoms with Crippen LogP contribution in [0.15, 0.2) is 53.4 Å². The Labute approximate surface area is 154 Å². The minimum Gasteiger partial charge on any atom is -0.497 e. The molecule has 0 aliphatic carbocycles. The number of nitrogens with zero attached hydrogens (tertiary/aromatic N) is 1. The van der Waals surface area contributed by atoms with Crippen LogP contribution in [0.2, 0.25) is 0 Å². The number of sulfonamides is 1. The van der Waals surface area contributed by atoms with Crippen molar-refractivity contribution in [3.05, 3.63) is 59.8 Å². The maximum atomic E-state index is 12.8. The average molecular weight is 370 g/mol. The molecule has 3 aromatic rings. The summed E-state index contributed by atoms with van der Waals surface area (Å²) < 4.78 is 33.6. The van der Waals surface area contributed by atoms with E-state index in [1.54, 1.807) is 25.3 Å². The van der Waals surface area contributed by atoms with E-state index in [0.717, 1.165) is 29.5 Å². The second-order valence-electron chi connectivity index (χ2n) is 6.20. The molecule has 0 radical (unpaired) electrons. The minimum atomic E-state index is -3.72. The number of rotatable bonds is 6. The zero-order valence-electron chi connectivity index (χ0n) is 15.1. The third-order valence-corrected chi connectivity index (χ3v) is 5.54. The molecule has 0 spiro atoms. The Hall–Kier alpha value is -2.60. The molecule has 0 saturated carbocycles. The molecule has 0 aliphatic heterocycles. The smallest absolute Gasteiger partial charge is 0.261 e. The van der Waals surface area contributed by atoms with Gasteiger partial charge in [0.25, 0.3) is 10.0 Å². The van der Waals surface area contributed by atoms with E-state index in [2.05, 4.69) is 16.6 Å². The van der Waals surface area contributed by atoms with Gasteiger partial charge >= 0.3 is 0 Å². The summed E-state index contributed by atoms with van der Waals surface area (Å²) >= 11 is 0. The van der Waals surface area contributed by atoms with Crippen LogP contribution >= 0.6 is 0 Å². The molecule has 1 aromatic heterocycles. The number of fused-ring (bicyclic) bond motifs is 1. The van der Waals surface area contributed by atoms with Gasteiger partial charge in [0, 0.05) is 17.1 Å². The Morgan fingerprint density at radius 2 is 1.81 bits per heavy atom. The second kappa shape index (κ2) is 7.33. The fourth-order valence-electron chi connectivity index (χ4n) is 2.83. The number of ether oxygens (including phenoxy) is 1. The Balaban J connectivity index is 2.02. The summed E-state index contributed by atoms with van der Waals surface area (Å²) in [4.78, 5) is 4.71. The summed E-state index contributed by atoms with van der Waals surface area (Å²) in [5.41, 5.74) is 2.93. The van der Waals surface area contributed by atoms with Crippen LogP contribution in [0, 0.1) is 6.92 Å². The van der Waals surface area contributed by atoms with Gasteiger partial charge in [-0.1, -0.05) is 31.5 Å². The van der Waals surface area contributed by atoms with Crippen molar-refractivity contribution in [2.45, 2.75) is 31.6 Å². The summed E-state index contributed by atoms with van der Waals surface area (Å²) in [5.74, 6) is 0.569. The summed E-state index contributed by atoms with van der Waals surface area (Å²) in [6.45, 7) is 3.96. The van der Waals surface area contributed by atoms with Crippen molar-refractivity contribution >= 4 is 26.6 Å². The summed E-state index contributed by atoms with van der Waals surface area (Å²) in [6.07, 6.45) is 1.95. The quantitative estimate of drug-likeness (QED) is 0.702. The predicted molar refractivity (Wildman–Crippen MR) is 104 cm³/mol. The van der Waals surface area contributed by atoms with Crippen molar-refractivity contribution in [3.8, 4) is 5.75 Å². The zero-order chi connectivity index (χ0) is 18.7. The van der Waals surface area contributed by atoms with E-state index in [-0.39, 0.29) is 4.90 Å². The molecular formula is C20H22N2O3S. The lowest BCUT2D eigenvalue weighted by Gasteiger charge is -2.13. The van der Waals surface area contributed by atoms with E-state index in [4.69, 9.17) is 4.74 Å². The fourth-order valence-corrected chi connectivity index (χ4v) is 3.89. The van der Waals surface area contributed by atoms with Crippen molar-refractivity contribution in [1.82, 2.24) is 4.98 Å². The van der Waals surface area contributed by atoms with Crippen LogP contribution in [0.5, 0.6) is 5.75 Å². The van der Waals surface area contributed by atoms with Crippen LogP contribution in [0.4, 0.5) is 5.69 Å². The van der Waals surface area contributed by atoms with Crippen molar-refractivity contribution in [2.75, 3.05) is 11.8 Å². The van der Waals surface area contributed by atoms with Gasteiger partial charge in [-0.15, -0.1) is 0 Å². The van der Waals surface area contributed by atoms with Crippen LogP contribution in [-0.4, -0.2) is 20.5 Å². The predicted octanol–water partition coefficient (Wildman–Crippen LogP) is 4.31. The van der Waals surface area contributed by atoms with Gasteiger partial charge in [0.05, 0.1) is 23.2 Å². The standard InChI is InChI=1S/C20H22N2O3S/c1-4-5-15-7-10-18(11-8-15)26(23,24)22-19-13-17(25-3)12-16-9-6-14(2)21-20(16)19/h6-13,22H,4-5H2,1-3H3. The highest BCUT2D eigenvalue weighted by molar-refractivity contribution is 7.92. The number of hydrogen-bond acceptors (Lipinski definition) is 4. The van der Waals surface area contributed by atoms with E-state index >= 15 is 0 Å². The van der Waals surface area contributed by atoms with E-state index in [1.807, 2.05) is 37.3 Å². The summed E-state index contributed by atoms with van der Waals surface area (Å²) in [5, 5.41) is 0.811. The number of hydrogen-bond donors (Lipinski definition) is 1. The molecule has 5 nitrogen and oxygen atoms in total. The molecule has 0 amide bonds. The number of benzene rings is 2. The molecule has 0 unspecified atom stereocenters. The summed E-state index contributed by atoms with van der Waals surface area (Å²) in [6, 6.07) is 14.2. The normalized spacial score (nSPS) is 11.5. The van der Waals surface area contributed by atoms with Crippen LogP contribution in [-0.2, 0) is 16.4 Å². The van der Waals surface area contributed by atoms with Gasteiger partial charge in [0.15, 0.2) is 0 Å². The molecule has 136 valence electrons. The Bertz CT molecular complexity index is 1030. The molecule has 0 saturated heterocycles. The van der Waals surface area contributed by atoms with Crippen molar-refractivity contribution in [2.24, 2.45) is 0 Å². The largest absolute Gasteiger partial charge is 0.497 e. The van der Waals surface area contributed by atoms with Gasteiger partial charge in [-0.25, -0.2) is 8.42 Å². The Morgan fingerprint density at radius 3 is 2.46 bits per heavy atom.